The average molecular weight is 375 g/mol. The first-order valence-electron chi connectivity index (χ1n) is 9.14. The molecule has 2 aromatic carbocycles. The maximum Gasteiger partial charge on any atom is 0.231 e. The molecule has 1 aliphatic heterocycles. The Balaban J connectivity index is 1.51. The summed E-state index contributed by atoms with van der Waals surface area (Å²) in [6.07, 6.45) is 7.27. The van der Waals surface area contributed by atoms with Gasteiger partial charge < -0.3 is 10.4 Å². The Morgan fingerprint density at radius 2 is 1.93 bits per heavy atom. The van der Waals surface area contributed by atoms with Crippen molar-refractivity contribution in [3.63, 3.8) is 0 Å². The monoisotopic (exact) mass is 375 g/mol. The van der Waals surface area contributed by atoms with E-state index >= 15 is 0 Å². The molecule has 0 atom stereocenters. The number of aromatic nitrogens is 1. The Morgan fingerprint density at radius 1 is 1.11 bits per heavy atom. The van der Waals surface area contributed by atoms with Crippen molar-refractivity contribution in [3.05, 3.63) is 64.5 Å². The van der Waals surface area contributed by atoms with Crippen molar-refractivity contribution in [2.75, 3.05) is 5.32 Å². The molecule has 2 N–H and O–H groups in total. The van der Waals surface area contributed by atoms with E-state index in [2.05, 4.69) is 46.5 Å². The Morgan fingerprint density at radius 3 is 2.74 bits per heavy atom. The highest BCUT2D eigenvalue weighted by Crippen LogP contribution is 2.37. The van der Waals surface area contributed by atoms with Gasteiger partial charge in [-0.3, -0.25) is 4.99 Å². The van der Waals surface area contributed by atoms with Crippen LogP contribution >= 0.6 is 11.3 Å². The lowest BCUT2D eigenvalue weighted by Gasteiger charge is -2.04. The van der Waals surface area contributed by atoms with Crippen LogP contribution in [0.3, 0.4) is 0 Å². The van der Waals surface area contributed by atoms with Gasteiger partial charge in [0.1, 0.15) is 0 Å². The van der Waals surface area contributed by atoms with E-state index in [4.69, 9.17) is 0 Å². The summed E-state index contributed by atoms with van der Waals surface area (Å²) in [5, 5.41) is 14.2. The molecule has 0 fully saturated rings. The number of rotatable bonds is 6. The summed E-state index contributed by atoms with van der Waals surface area (Å²) in [6, 6.07) is 16.4. The van der Waals surface area contributed by atoms with Gasteiger partial charge in [0, 0.05) is 23.0 Å². The molecule has 5 heteroatoms. The number of para-hydroxylation sites is 1. The van der Waals surface area contributed by atoms with Crippen LogP contribution in [0, 0.1) is 0 Å². The van der Waals surface area contributed by atoms with E-state index in [1.54, 1.807) is 0 Å². The van der Waals surface area contributed by atoms with Crippen LogP contribution in [0.25, 0.3) is 11.6 Å². The zero-order valence-electron chi connectivity index (χ0n) is 15.1. The average Bonchev–Trinajstić information content (AvgIpc) is 3.25. The Hall–Kier alpha value is -2.92. The molecule has 0 saturated heterocycles. The molecule has 0 aliphatic carbocycles. The van der Waals surface area contributed by atoms with E-state index in [0.717, 1.165) is 33.8 Å². The normalized spacial score (nSPS) is 13.9. The van der Waals surface area contributed by atoms with Crippen molar-refractivity contribution in [1.29, 1.82) is 0 Å². The zero-order chi connectivity index (χ0) is 18.6. The molecule has 0 bridgehead atoms. The fourth-order valence-electron chi connectivity index (χ4n) is 3.03. The number of thiazole rings is 1. The highest BCUT2D eigenvalue weighted by atomic mass is 32.1. The molecule has 4 nitrogen and oxygen atoms in total. The fourth-order valence-corrected chi connectivity index (χ4v) is 3.86. The summed E-state index contributed by atoms with van der Waals surface area (Å²) < 4.78 is 0. The number of hydrogen-bond donors (Lipinski definition) is 2. The molecule has 0 amide bonds. The third-order valence-electron chi connectivity index (χ3n) is 4.50. The van der Waals surface area contributed by atoms with Gasteiger partial charge in [0.2, 0.25) is 5.88 Å². The second-order valence-corrected chi connectivity index (χ2v) is 7.54. The van der Waals surface area contributed by atoms with Gasteiger partial charge >= 0.3 is 0 Å². The molecule has 0 unspecified atom stereocenters. The summed E-state index contributed by atoms with van der Waals surface area (Å²) in [4.78, 5) is 9.37. The van der Waals surface area contributed by atoms with Gasteiger partial charge in [-0.2, -0.15) is 4.98 Å². The summed E-state index contributed by atoms with van der Waals surface area (Å²) in [6.45, 7) is 2.20. The maximum atomic E-state index is 10.2. The number of aliphatic imine (C=N–C) groups is 1. The van der Waals surface area contributed by atoms with Gasteiger partial charge in [-0.1, -0.05) is 55.0 Å². The molecule has 0 radical (unpaired) electrons. The van der Waals surface area contributed by atoms with Gasteiger partial charge in [-0.25, -0.2) is 0 Å². The van der Waals surface area contributed by atoms with E-state index < -0.39 is 0 Å². The van der Waals surface area contributed by atoms with Gasteiger partial charge in [0.05, 0.1) is 10.6 Å². The third-order valence-corrected chi connectivity index (χ3v) is 5.41. The molecule has 4 rings (SSSR count). The Bertz CT molecular complexity index is 1000. The van der Waals surface area contributed by atoms with Crippen molar-refractivity contribution in [2.24, 2.45) is 4.99 Å². The number of aromatic hydroxyl groups is 1. The zero-order valence-corrected chi connectivity index (χ0v) is 16.0. The van der Waals surface area contributed by atoms with Crippen LogP contribution in [-0.2, 0) is 6.42 Å². The largest absolute Gasteiger partial charge is 0.492 e. The lowest BCUT2D eigenvalue weighted by atomic mass is 10.1. The fraction of sp³-hybridized carbons (Fsp3) is 0.182. The standard InChI is InChI=1S/C22H21N3OS/c1-2-3-6-15-9-11-17(12-10-15)24-22-25-21(26)20(27-22)13-16-14-23-19-8-5-4-7-18(16)19/h4-5,7-14,26H,2-3,6H2,1H3,(H,24,25). The minimum Gasteiger partial charge on any atom is -0.492 e. The first-order chi connectivity index (χ1) is 13.2. The third kappa shape index (κ3) is 3.93. The summed E-state index contributed by atoms with van der Waals surface area (Å²) in [5.41, 5.74) is 5.32. The number of hydrogen-bond acceptors (Lipinski definition) is 5. The van der Waals surface area contributed by atoms with Gasteiger partial charge in [-0.05, 0) is 42.7 Å². The Labute approximate surface area is 163 Å². The minimum atomic E-state index is 0.0346. The van der Waals surface area contributed by atoms with Crippen LogP contribution in [0.4, 0.5) is 16.5 Å². The number of anilines is 2. The number of nitrogens with zero attached hydrogens (tertiary/aromatic N) is 2. The lowest BCUT2D eigenvalue weighted by Crippen LogP contribution is -1.90. The molecule has 0 spiro atoms. The number of fused-ring (bicyclic) bond motifs is 1. The topological polar surface area (TPSA) is 57.5 Å². The van der Waals surface area contributed by atoms with Crippen molar-refractivity contribution < 1.29 is 5.11 Å². The minimum absolute atomic E-state index is 0.0346. The predicted octanol–water partition coefficient (Wildman–Crippen LogP) is 6.19. The van der Waals surface area contributed by atoms with Gasteiger partial charge in [0.15, 0.2) is 5.13 Å². The summed E-state index contributed by atoms with van der Waals surface area (Å²) in [5.74, 6) is 0.0346. The first kappa shape index (κ1) is 17.5. The lowest BCUT2D eigenvalue weighted by molar-refractivity contribution is 0.457. The van der Waals surface area contributed by atoms with E-state index in [9.17, 15) is 5.11 Å². The van der Waals surface area contributed by atoms with Crippen molar-refractivity contribution in [1.82, 2.24) is 4.98 Å². The van der Waals surface area contributed by atoms with E-state index in [1.165, 1.54) is 29.7 Å². The second kappa shape index (κ2) is 7.76. The maximum absolute atomic E-state index is 10.2. The molecular formula is C22H21N3OS. The number of aryl methyl sites for hydroxylation is 1. The van der Waals surface area contributed by atoms with Crippen LogP contribution in [-0.4, -0.2) is 16.3 Å². The quantitative estimate of drug-likeness (QED) is 0.540. The van der Waals surface area contributed by atoms with E-state index in [1.807, 2.05) is 36.6 Å². The van der Waals surface area contributed by atoms with Crippen LogP contribution in [0.1, 0.15) is 35.8 Å². The summed E-state index contributed by atoms with van der Waals surface area (Å²) in [7, 11) is 0. The molecule has 136 valence electrons. The Kier molecular flexibility index (Phi) is 5.03. The van der Waals surface area contributed by atoms with Crippen LogP contribution < -0.4 is 5.32 Å². The number of unbranched alkanes of at least 4 members (excludes halogenated alkanes) is 1. The van der Waals surface area contributed by atoms with Crippen molar-refractivity contribution in [3.8, 4) is 5.88 Å². The molecular weight excluding hydrogens is 354 g/mol. The van der Waals surface area contributed by atoms with E-state index in [0.29, 0.717) is 5.13 Å². The molecule has 2 heterocycles. The molecule has 1 aliphatic rings. The number of benzene rings is 2. The molecule has 0 saturated carbocycles. The predicted molar refractivity (Wildman–Crippen MR) is 115 cm³/mol. The molecule has 3 aromatic rings. The van der Waals surface area contributed by atoms with Crippen molar-refractivity contribution >= 4 is 45.7 Å². The highest BCUT2D eigenvalue weighted by molar-refractivity contribution is 7.16. The van der Waals surface area contributed by atoms with Crippen molar-refractivity contribution in [2.45, 2.75) is 26.2 Å². The second-order valence-electron chi connectivity index (χ2n) is 6.51. The van der Waals surface area contributed by atoms with Crippen LogP contribution in [0.5, 0.6) is 5.88 Å². The SMILES string of the molecule is CCCCc1ccc(Nc2nc(O)c(C=C3C=Nc4ccccc43)s2)cc1. The summed E-state index contributed by atoms with van der Waals surface area (Å²) >= 11 is 1.42. The van der Waals surface area contributed by atoms with Crippen LogP contribution in [0.2, 0.25) is 0 Å². The molecule has 1 aromatic heterocycles. The van der Waals surface area contributed by atoms with Crippen LogP contribution in [0.15, 0.2) is 53.5 Å². The van der Waals surface area contributed by atoms with Gasteiger partial charge in [0.25, 0.3) is 0 Å². The number of allylic oxidation sites excluding steroid dienone is 1. The van der Waals surface area contributed by atoms with Gasteiger partial charge in [-0.15, -0.1) is 0 Å². The number of nitrogens with one attached hydrogen (secondary N) is 1. The first-order valence-corrected chi connectivity index (χ1v) is 9.95. The molecule has 27 heavy (non-hydrogen) atoms. The van der Waals surface area contributed by atoms with E-state index in [-0.39, 0.29) is 5.88 Å². The highest BCUT2D eigenvalue weighted by Gasteiger charge is 2.14. The smallest absolute Gasteiger partial charge is 0.231 e.